The molecule has 2 N–H and O–H groups in total. The highest BCUT2D eigenvalue weighted by Gasteiger charge is 2.11. The van der Waals surface area contributed by atoms with E-state index in [1.807, 2.05) is 37.3 Å². The van der Waals surface area contributed by atoms with E-state index in [-0.39, 0.29) is 5.91 Å². The average Bonchev–Trinajstić information content (AvgIpc) is 2.20. The number of carbonyl (C=O) groups is 1. The lowest BCUT2D eigenvalue weighted by molar-refractivity contribution is -0.116. The summed E-state index contributed by atoms with van der Waals surface area (Å²) in [6.45, 7) is 4.02. The van der Waals surface area contributed by atoms with Crippen molar-refractivity contribution in [1.29, 1.82) is 0 Å². The quantitative estimate of drug-likeness (QED) is 0.606. The Kier molecular flexibility index (Phi) is 3.92. The second kappa shape index (κ2) is 5.20. The number of amides is 1. The van der Waals surface area contributed by atoms with E-state index < -0.39 is 0 Å². The van der Waals surface area contributed by atoms with E-state index in [4.69, 9.17) is 5.73 Å². The number of rotatable bonds is 3. The Morgan fingerprint density at radius 2 is 2.13 bits per heavy atom. The van der Waals surface area contributed by atoms with E-state index in [0.717, 1.165) is 5.69 Å². The number of anilines is 2. The van der Waals surface area contributed by atoms with Crippen LogP contribution in [0.2, 0.25) is 0 Å². The van der Waals surface area contributed by atoms with Crippen molar-refractivity contribution in [3.05, 3.63) is 36.4 Å². The van der Waals surface area contributed by atoms with Gasteiger partial charge in [-0.15, -0.1) is 0 Å². The molecule has 0 fully saturated rings. The van der Waals surface area contributed by atoms with E-state index in [1.54, 1.807) is 11.0 Å². The maximum Gasteiger partial charge on any atom is 0.224 e. The highest BCUT2D eigenvalue weighted by Crippen LogP contribution is 2.22. The zero-order chi connectivity index (χ0) is 11.3. The molecule has 0 saturated carbocycles. The van der Waals surface area contributed by atoms with Crippen LogP contribution in [0.15, 0.2) is 36.4 Å². The van der Waals surface area contributed by atoms with E-state index in [1.165, 1.54) is 6.92 Å². The first-order chi connectivity index (χ1) is 7.16. The number of benzene rings is 1. The minimum absolute atomic E-state index is 0.00833. The summed E-state index contributed by atoms with van der Waals surface area (Å²) in [5, 5.41) is 0. The van der Waals surface area contributed by atoms with Crippen molar-refractivity contribution in [3.63, 3.8) is 0 Å². The first-order valence-corrected chi connectivity index (χ1v) is 4.90. The lowest BCUT2D eigenvalue weighted by atomic mass is 10.2. The second-order valence-corrected chi connectivity index (χ2v) is 3.26. The van der Waals surface area contributed by atoms with Crippen molar-refractivity contribution in [2.75, 3.05) is 17.2 Å². The van der Waals surface area contributed by atoms with Gasteiger partial charge >= 0.3 is 0 Å². The highest BCUT2D eigenvalue weighted by molar-refractivity contribution is 5.94. The van der Waals surface area contributed by atoms with E-state index in [9.17, 15) is 4.79 Å². The molecule has 0 radical (unpaired) electrons. The fourth-order valence-corrected chi connectivity index (χ4v) is 1.34. The number of para-hydroxylation sites is 2. The Labute approximate surface area is 90.2 Å². The predicted molar refractivity (Wildman–Crippen MR) is 63.7 cm³/mol. The fourth-order valence-electron chi connectivity index (χ4n) is 1.34. The molecule has 3 nitrogen and oxygen atoms in total. The Balaban J connectivity index is 2.99. The number of hydrogen-bond donors (Lipinski definition) is 1. The van der Waals surface area contributed by atoms with Crippen molar-refractivity contribution in [2.24, 2.45) is 0 Å². The fraction of sp³-hybridized carbons (Fsp3) is 0.250. The van der Waals surface area contributed by atoms with Crippen molar-refractivity contribution < 1.29 is 4.79 Å². The van der Waals surface area contributed by atoms with Gasteiger partial charge in [-0.3, -0.25) is 4.79 Å². The van der Waals surface area contributed by atoms with E-state index in [2.05, 4.69) is 0 Å². The van der Waals surface area contributed by atoms with Gasteiger partial charge in [-0.05, 0) is 19.1 Å². The van der Waals surface area contributed by atoms with Crippen LogP contribution in [0.25, 0.3) is 0 Å². The monoisotopic (exact) mass is 204 g/mol. The third-order valence-electron chi connectivity index (χ3n) is 2.13. The molecular formula is C12H16N2O. The van der Waals surface area contributed by atoms with Gasteiger partial charge in [0.05, 0.1) is 11.4 Å². The van der Waals surface area contributed by atoms with Crippen LogP contribution in [0.1, 0.15) is 13.8 Å². The van der Waals surface area contributed by atoms with Gasteiger partial charge in [-0.25, -0.2) is 0 Å². The van der Waals surface area contributed by atoms with Crippen molar-refractivity contribution in [3.8, 4) is 0 Å². The Morgan fingerprint density at radius 1 is 1.47 bits per heavy atom. The minimum atomic E-state index is -0.00833. The van der Waals surface area contributed by atoms with Crippen molar-refractivity contribution in [1.82, 2.24) is 0 Å². The molecule has 1 amide bonds. The Bertz CT molecular complexity index is 372. The summed E-state index contributed by atoms with van der Waals surface area (Å²) < 4.78 is 0. The van der Waals surface area contributed by atoms with Gasteiger partial charge in [0.1, 0.15) is 0 Å². The van der Waals surface area contributed by atoms with E-state index >= 15 is 0 Å². The topological polar surface area (TPSA) is 46.3 Å². The van der Waals surface area contributed by atoms with Crippen molar-refractivity contribution >= 4 is 17.3 Å². The maximum absolute atomic E-state index is 11.4. The number of nitrogens with zero attached hydrogens (tertiary/aromatic N) is 1. The molecule has 1 rings (SSSR count). The van der Waals surface area contributed by atoms with Gasteiger partial charge in [0.25, 0.3) is 0 Å². The van der Waals surface area contributed by atoms with Gasteiger partial charge in [0.15, 0.2) is 0 Å². The molecule has 0 aromatic heterocycles. The molecule has 0 saturated heterocycles. The summed E-state index contributed by atoms with van der Waals surface area (Å²) in [6.07, 6.45) is 3.84. The van der Waals surface area contributed by atoms with Gasteiger partial charge in [-0.1, -0.05) is 24.3 Å². The summed E-state index contributed by atoms with van der Waals surface area (Å²) in [5.41, 5.74) is 7.20. The molecular weight excluding hydrogens is 188 g/mol. The van der Waals surface area contributed by atoms with Gasteiger partial charge in [0, 0.05) is 13.5 Å². The Morgan fingerprint density at radius 3 is 2.67 bits per heavy atom. The lowest BCUT2D eigenvalue weighted by Crippen LogP contribution is -2.29. The number of allylic oxidation sites excluding steroid dienone is 1. The molecule has 15 heavy (non-hydrogen) atoms. The van der Waals surface area contributed by atoms with Gasteiger partial charge < -0.3 is 10.6 Å². The van der Waals surface area contributed by atoms with Crippen LogP contribution >= 0.6 is 0 Å². The largest absolute Gasteiger partial charge is 0.397 e. The van der Waals surface area contributed by atoms with Crippen molar-refractivity contribution in [2.45, 2.75) is 13.8 Å². The molecule has 0 spiro atoms. The average molecular weight is 204 g/mol. The predicted octanol–water partition coefficient (Wildman–Crippen LogP) is 2.20. The highest BCUT2D eigenvalue weighted by atomic mass is 16.2. The number of carbonyl (C=O) groups excluding carboxylic acids is 1. The van der Waals surface area contributed by atoms with Crippen LogP contribution in [0, 0.1) is 0 Å². The third-order valence-corrected chi connectivity index (χ3v) is 2.13. The third kappa shape index (κ3) is 2.84. The summed E-state index contributed by atoms with van der Waals surface area (Å²) in [5.74, 6) is -0.00833. The molecule has 0 heterocycles. The number of hydrogen-bond acceptors (Lipinski definition) is 2. The first-order valence-electron chi connectivity index (χ1n) is 4.90. The smallest absolute Gasteiger partial charge is 0.224 e. The molecule has 0 aliphatic carbocycles. The zero-order valence-corrected chi connectivity index (χ0v) is 9.10. The summed E-state index contributed by atoms with van der Waals surface area (Å²) in [6, 6.07) is 7.37. The van der Waals surface area contributed by atoms with Crippen LogP contribution in [0.5, 0.6) is 0 Å². The normalized spacial score (nSPS) is 10.5. The SMILES string of the molecule is C/C=C/CN(C(C)=O)c1ccccc1N. The molecule has 0 unspecified atom stereocenters. The molecule has 1 aromatic rings. The molecule has 0 bridgehead atoms. The summed E-state index contributed by atoms with van der Waals surface area (Å²) in [4.78, 5) is 13.1. The summed E-state index contributed by atoms with van der Waals surface area (Å²) >= 11 is 0. The molecule has 0 aliphatic rings. The summed E-state index contributed by atoms with van der Waals surface area (Å²) in [7, 11) is 0. The molecule has 0 aliphatic heterocycles. The second-order valence-electron chi connectivity index (χ2n) is 3.26. The van der Waals surface area contributed by atoms with Crippen LogP contribution in [0.3, 0.4) is 0 Å². The molecule has 1 aromatic carbocycles. The molecule has 3 heteroatoms. The van der Waals surface area contributed by atoms with Crippen LogP contribution < -0.4 is 10.6 Å². The number of nitrogens with two attached hydrogens (primary N) is 1. The van der Waals surface area contributed by atoms with Gasteiger partial charge in [0.2, 0.25) is 5.91 Å². The standard InChI is InChI=1S/C12H16N2O/c1-3-4-9-14(10(2)15)12-8-6-5-7-11(12)13/h3-8H,9,13H2,1-2H3/b4-3+. The van der Waals surface area contributed by atoms with Crippen LogP contribution in [-0.4, -0.2) is 12.5 Å². The maximum atomic E-state index is 11.4. The lowest BCUT2D eigenvalue weighted by Gasteiger charge is -2.20. The molecule has 0 atom stereocenters. The van der Waals surface area contributed by atoms with Gasteiger partial charge in [-0.2, -0.15) is 0 Å². The first kappa shape index (κ1) is 11.3. The molecule has 80 valence electrons. The minimum Gasteiger partial charge on any atom is -0.397 e. The van der Waals surface area contributed by atoms with E-state index in [0.29, 0.717) is 12.2 Å². The van der Waals surface area contributed by atoms with Crippen LogP contribution in [0.4, 0.5) is 11.4 Å². The van der Waals surface area contributed by atoms with Crippen LogP contribution in [-0.2, 0) is 4.79 Å². The zero-order valence-electron chi connectivity index (χ0n) is 9.10. The number of nitrogen functional groups attached to an aromatic ring is 1. The Hall–Kier alpha value is -1.77.